The number of likely N-dealkylation sites (tertiary alicyclic amines) is 1. The minimum absolute atomic E-state index is 0.111. The van der Waals surface area contributed by atoms with Crippen molar-refractivity contribution in [3.05, 3.63) is 68.4 Å². The van der Waals surface area contributed by atoms with Crippen molar-refractivity contribution in [3.8, 4) is 5.75 Å². The van der Waals surface area contributed by atoms with Crippen LogP contribution in [0.3, 0.4) is 0 Å². The molecular weight excluding hydrogens is 536 g/mol. The minimum atomic E-state index is -0.666. The lowest BCUT2D eigenvalue weighted by molar-refractivity contribution is 0.0461. The van der Waals surface area contributed by atoms with E-state index >= 15 is 0 Å². The van der Waals surface area contributed by atoms with Crippen molar-refractivity contribution in [3.63, 3.8) is 0 Å². The Balaban J connectivity index is 1.25. The minimum Gasteiger partial charge on any atom is -0.465 e. The van der Waals surface area contributed by atoms with Gasteiger partial charge in [0.05, 0.1) is 21.7 Å². The Morgan fingerprint density at radius 2 is 1.83 bits per heavy atom. The second kappa shape index (κ2) is 12.1. The number of hydrogen-bond donors (Lipinski definition) is 0. The molecule has 1 atom stereocenters. The number of tetrazole rings is 1. The van der Waals surface area contributed by atoms with Crippen LogP contribution < -0.4 is 4.74 Å². The standard InChI is InChI=1S/C23H23Cl4N5O3/c24-17-2-4-21(20(27)13-17)35-22(32-29-14-28-30-32)7-10-34-23(33)31-8-5-15(6-9-31)11-16-1-3-18(25)19(26)12-16/h1-4,12-15,22H,5-11H2. The van der Waals surface area contributed by atoms with Gasteiger partial charge in [-0.3, -0.25) is 0 Å². The van der Waals surface area contributed by atoms with Gasteiger partial charge in [0.25, 0.3) is 0 Å². The van der Waals surface area contributed by atoms with Gasteiger partial charge in [-0.1, -0.05) is 52.5 Å². The molecule has 0 bridgehead atoms. The number of benzene rings is 2. The van der Waals surface area contributed by atoms with Crippen molar-refractivity contribution in [1.29, 1.82) is 0 Å². The highest BCUT2D eigenvalue weighted by Crippen LogP contribution is 2.31. The largest absolute Gasteiger partial charge is 0.465 e. The van der Waals surface area contributed by atoms with Crippen LogP contribution in [-0.2, 0) is 11.2 Å². The van der Waals surface area contributed by atoms with E-state index in [9.17, 15) is 4.79 Å². The molecule has 8 nitrogen and oxygen atoms in total. The van der Waals surface area contributed by atoms with Crippen molar-refractivity contribution < 1.29 is 14.3 Å². The monoisotopic (exact) mass is 557 g/mol. The maximum Gasteiger partial charge on any atom is 0.409 e. The zero-order valence-corrected chi connectivity index (χ0v) is 21.6. The fourth-order valence-electron chi connectivity index (χ4n) is 3.90. The number of aromatic nitrogens is 4. The average Bonchev–Trinajstić information content (AvgIpc) is 3.37. The number of ether oxygens (including phenoxy) is 2. The average molecular weight is 559 g/mol. The number of nitrogens with zero attached hydrogens (tertiary/aromatic N) is 5. The number of carbonyl (C=O) groups is 1. The zero-order valence-electron chi connectivity index (χ0n) is 18.6. The smallest absolute Gasteiger partial charge is 0.409 e. The summed E-state index contributed by atoms with van der Waals surface area (Å²) in [4.78, 5) is 15.6. The maximum absolute atomic E-state index is 12.6. The number of hydrogen-bond acceptors (Lipinski definition) is 6. The van der Waals surface area contributed by atoms with E-state index in [-0.39, 0.29) is 12.7 Å². The van der Waals surface area contributed by atoms with E-state index < -0.39 is 6.23 Å². The second-order valence-electron chi connectivity index (χ2n) is 8.19. The van der Waals surface area contributed by atoms with Crippen LogP contribution >= 0.6 is 46.4 Å². The molecule has 186 valence electrons. The molecule has 1 aliphatic rings. The summed E-state index contributed by atoms with van der Waals surface area (Å²) < 4.78 is 11.5. The third-order valence-corrected chi connectivity index (χ3v) is 7.02. The van der Waals surface area contributed by atoms with Gasteiger partial charge in [0.1, 0.15) is 5.75 Å². The van der Waals surface area contributed by atoms with Gasteiger partial charge in [-0.25, -0.2) is 4.79 Å². The molecule has 2 heterocycles. The lowest BCUT2D eigenvalue weighted by atomic mass is 9.90. The van der Waals surface area contributed by atoms with Crippen LogP contribution in [0.4, 0.5) is 4.79 Å². The topological polar surface area (TPSA) is 82.4 Å². The van der Waals surface area contributed by atoms with E-state index in [4.69, 9.17) is 55.9 Å². The molecule has 1 aromatic heterocycles. The van der Waals surface area contributed by atoms with Gasteiger partial charge in [0.15, 0.2) is 6.33 Å². The van der Waals surface area contributed by atoms with E-state index in [0.717, 1.165) is 24.8 Å². The zero-order chi connectivity index (χ0) is 24.8. The Morgan fingerprint density at radius 1 is 1.03 bits per heavy atom. The SMILES string of the molecule is O=C(OCCC(Oc1ccc(Cl)cc1Cl)n1ncnn1)N1CCC(Cc2ccc(Cl)c(Cl)c2)CC1. The van der Waals surface area contributed by atoms with E-state index in [1.807, 2.05) is 18.2 Å². The first-order valence-electron chi connectivity index (χ1n) is 11.1. The highest BCUT2D eigenvalue weighted by atomic mass is 35.5. The van der Waals surface area contributed by atoms with Gasteiger partial charge >= 0.3 is 6.09 Å². The molecule has 0 N–H and O–H groups in total. The molecule has 0 saturated carbocycles. The number of carbonyl (C=O) groups excluding carboxylic acids is 1. The summed E-state index contributed by atoms with van der Waals surface area (Å²) in [6.45, 7) is 1.38. The van der Waals surface area contributed by atoms with Crippen molar-refractivity contribution >= 4 is 52.5 Å². The third-order valence-electron chi connectivity index (χ3n) is 5.75. The van der Waals surface area contributed by atoms with Crippen LogP contribution in [-0.4, -0.2) is 50.9 Å². The molecule has 0 radical (unpaired) electrons. The van der Waals surface area contributed by atoms with Crippen molar-refractivity contribution in [2.75, 3.05) is 19.7 Å². The number of piperidine rings is 1. The second-order valence-corrected chi connectivity index (χ2v) is 9.85. The van der Waals surface area contributed by atoms with E-state index in [0.29, 0.717) is 51.3 Å². The lowest BCUT2D eigenvalue weighted by Gasteiger charge is -2.31. The Hall–Kier alpha value is -2.26. The van der Waals surface area contributed by atoms with Gasteiger partial charge < -0.3 is 14.4 Å². The molecule has 0 aliphatic carbocycles. The van der Waals surface area contributed by atoms with Gasteiger partial charge in [0, 0.05) is 24.5 Å². The van der Waals surface area contributed by atoms with E-state index in [2.05, 4.69) is 15.4 Å². The molecule has 35 heavy (non-hydrogen) atoms. The normalized spacial score (nSPS) is 15.1. The Morgan fingerprint density at radius 3 is 2.51 bits per heavy atom. The van der Waals surface area contributed by atoms with Crippen LogP contribution in [0.5, 0.6) is 5.75 Å². The van der Waals surface area contributed by atoms with Crippen molar-refractivity contribution in [1.82, 2.24) is 25.1 Å². The molecule has 2 aromatic carbocycles. The molecule has 1 saturated heterocycles. The number of halogens is 4. The van der Waals surface area contributed by atoms with Crippen LogP contribution in [0.25, 0.3) is 0 Å². The molecule has 12 heteroatoms. The summed E-state index contributed by atoms with van der Waals surface area (Å²) >= 11 is 24.3. The summed E-state index contributed by atoms with van der Waals surface area (Å²) in [6.07, 6.45) is 3.26. The van der Waals surface area contributed by atoms with Crippen LogP contribution in [0, 0.1) is 5.92 Å². The Bertz CT molecular complexity index is 1140. The first-order chi connectivity index (χ1) is 16.9. The lowest BCUT2D eigenvalue weighted by Crippen LogP contribution is -2.39. The summed E-state index contributed by atoms with van der Waals surface area (Å²) in [5, 5.41) is 13.6. The molecule has 1 unspecified atom stereocenters. The van der Waals surface area contributed by atoms with Crippen molar-refractivity contribution in [2.45, 2.75) is 31.9 Å². The first-order valence-corrected chi connectivity index (χ1v) is 12.6. The van der Waals surface area contributed by atoms with Crippen LogP contribution in [0.1, 0.15) is 31.1 Å². The highest BCUT2D eigenvalue weighted by molar-refractivity contribution is 6.42. The molecule has 1 fully saturated rings. The molecular formula is C23H23Cl4N5O3. The van der Waals surface area contributed by atoms with Crippen LogP contribution in [0.15, 0.2) is 42.7 Å². The predicted molar refractivity (Wildman–Crippen MR) is 134 cm³/mol. The van der Waals surface area contributed by atoms with Gasteiger partial charge in [0.2, 0.25) is 6.23 Å². The highest BCUT2D eigenvalue weighted by Gasteiger charge is 2.25. The number of amides is 1. The Kier molecular flexibility index (Phi) is 8.94. The molecule has 1 aliphatic heterocycles. The molecule has 4 rings (SSSR count). The summed E-state index contributed by atoms with van der Waals surface area (Å²) in [6, 6.07) is 10.6. The molecule has 1 amide bonds. The van der Waals surface area contributed by atoms with Crippen molar-refractivity contribution in [2.24, 2.45) is 5.92 Å². The summed E-state index contributed by atoms with van der Waals surface area (Å²) in [5.41, 5.74) is 1.15. The first kappa shape index (κ1) is 25.8. The summed E-state index contributed by atoms with van der Waals surface area (Å²) in [5.74, 6) is 0.880. The fraction of sp³-hybridized carbons (Fsp3) is 0.391. The third kappa shape index (κ3) is 7.13. The summed E-state index contributed by atoms with van der Waals surface area (Å²) in [7, 11) is 0. The predicted octanol–water partition coefficient (Wildman–Crippen LogP) is 6.35. The van der Waals surface area contributed by atoms with Gasteiger partial charge in [-0.05, 0) is 66.3 Å². The maximum atomic E-state index is 12.6. The van der Waals surface area contributed by atoms with E-state index in [1.54, 1.807) is 23.1 Å². The number of rotatable bonds is 8. The Labute approximate surface area is 223 Å². The molecule has 0 spiro atoms. The quantitative estimate of drug-likeness (QED) is 0.320. The van der Waals surface area contributed by atoms with Gasteiger partial charge in [-0.2, -0.15) is 0 Å². The van der Waals surface area contributed by atoms with E-state index in [1.165, 1.54) is 11.1 Å². The molecule has 3 aromatic rings. The fourth-order valence-corrected chi connectivity index (χ4v) is 4.68. The van der Waals surface area contributed by atoms with Gasteiger partial charge in [-0.15, -0.1) is 15.0 Å². The van der Waals surface area contributed by atoms with Crippen LogP contribution in [0.2, 0.25) is 20.1 Å².